The van der Waals surface area contributed by atoms with Gasteiger partial charge in [-0.3, -0.25) is 10.2 Å². The molecule has 0 saturated heterocycles. The standard InChI is InChI=1S/C12H10N4OS/c1-8-14-10(6-18-8)12(17)15-16-7-13-9-4-2-3-5-11(9)16/h2-7H,1H3,(H,15,17). The lowest BCUT2D eigenvalue weighted by Gasteiger charge is -2.04. The SMILES string of the molecule is Cc1nc(C(=O)Nn2cnc3ccccc32)cs1. The number of nitrogens with zero attached hydrogens (tertiary/aromatic N) is 3. The summed E-state index contributed by atoms with van der Waals surface area (Å²) in [5.41, 5.74) is 4.88. The molecule has 3 aromatic rings. The van der Waals surface area contributed by atoms with Crippen molar-refractivity contribution in [1.29, 1.82) is 0 Å². The molecular weight excluding hydrogens is 248 g/mol. The van der Waals surface area contributed by atoms with Crippen molar-refractivity contribution in [3.05, 3.63) is 46.7 Å². The molecule has 18 heavy (non-hydrogen) atoms. The van der Waals surface area contributed by atoms with Gasteiger partial charge in [-0.25, -0.2) is 14.6 Å². The van der Waals surface area contributed by atoms with E-state index in [4.69, 9.17) is 0 Å². The topological polar surface area (TPSA) is 59.8 Å². The lowest BCUT2D eigenvalue weighted by Crippen LogP contribution is -2.22. The summed E-state index contributed by atoms with van der Waals surface area (Å²) < 4.78 is 1.60. The largest absolute Gasteiger partial charge is 0.289 e. The summed E-state index contributed by atoms with van der Waals surface area (Å²) in [4.78, 5) is 20.3. The number of imidazole rings is 1. The Morgan fingerprint density at radius 1 is 1.39 bits per heavy atom. The molecule has 2 heterocycles. The summed E-state index contributed by atoms with van der Waals surface area (Å²) in [5, 5.41) is 2.61. The summed E-state index contributed by atoms with van der Waals surface area (Å²) in [6, 6.07) is 7.60. The normalized spacial score (nSPS) is 10.7. The lowest BCUT2D eigenvalue weighted by atomic mass is 10.3. The van der Waals surface area contributed by atoms with E-state index in [-0.39, 0.29) is 5.91 Å². The molecule has 0 radical (unpaired) electrons. The van der Waals surface area contributed by atoms with Crippen LogP contribution in [0.15, 0.2) is 36.0 Å². The van der Waals surface area contributed by atoms with Gasteiger partial charge in [-0.15, -0.1) is 11.3 Å². The van der Waals surface area contributed by atoms with Crippen molar-refractivity contribution in [1.82, 2.24) is 14.6 Å². The number of thiazole rings is 1. The van der Waals surface area contributed by atoms with Crippen molar-refractivity contribution in [2.24, 2.45) is 0 Å². The van der Waals surface area contributed by atoms with Gasteiger partial charge in [-0.2, -0.15) is 0 Å². The van der Waals surface area contributed by atoms with Crippen LogP contribution < -0.4 is 5.43 Å². The Morgan fingerprint density at radius 2 is 2.22 bits per heavy atom. The fraction of sp³-hybridized carbons (Fsp3) is 0.0833. The second-order valence-electron chi connectivity index (χ2n) is 3.80. The molecule has 1 aromatic carbocycles. The summed E-state index contributed by atoms with van der Waals surface area (Å²) in [5.74, 6) is -0.234. The van der Waals surface area contributed by atoms with Crippen molar-refractivity contribution in [2.75, 3.05) is 5.43 Å². The first kappa shape index (κ1) is 10.9. The minimum Gasteiger partial charge on any atom is -0.266 e. The molecule has 6 heteroatoms. The van der Waals surface area contributed by atoms with Gasteiger partial charge in [0.05, 0.1) is 16.0 Å². The predicted molar refractivity (Wildman–Crippen MR) is 70.3 cm³/mol. The number of amides is 1. The highest BCUT2D eigenvalue weighted by atomic mass is 32.1. The number of nitrogens with one attached hydrogen (secondary N) is 1. The van der Waals surface area contributed by atoms with Crippen LogP contribution in [0.1, 0.15) is 15.5 Å². The zero-order valence-corrected chi connectivity index (χ0v) is 10.4. The van der Waals surface area contributed by atoms with Gasteiger partial charge in [0.2, 0.25) is 0 Å². The molecule has 0 unspecified atom stereocenters. The molecule has 0 bridgehead atoms. The Kier molecular flexibility index (Phi) is 2.56. The van der Waals surface area contributed by atoms with Gasteiger partial charge in [-0.05, 0) is 19.1 Å². The number of fused-ring (bicyclic) bond motifs is 1. The van der Waals surface area contributed by atoms with E-state index in [0.717, 1.165) is 16.0 Å². The number of aromatic nitrogens is 3. The predicted octanol–water partition coefficient (Wildman–Crippen LogP) is 2.19. The molecule has 1 amide bonds. The summed E-state index contributed by atoms with van der Waals surface area (Å²) in [6.07, 6.45) is 1.59. The van der Waals surface area contributed by atoms with E-state index >= 15 is 0 Å². The van der Waals surface area contributed by atoms with Crippen LogP contribution in [0.25, 0.3) is 11.0 Å². The molecule has 0 aliphatic heterocycles. The Morgan fingerprint density at radius 3 is 3.00 bits per heavy atom. The third-order valence-corrected chi connectivity index (χ3v) is 3.30. The average Bonchev–Trinajstić information content (AvgIpc) is 2.97. The summed E-state index contributed by atoms with van der Waals surface area (Å²) in [7, 11) is 0. The van der Waals surface area contributed by atoms with E-state index in [1.165, 1.54) is 11.3 Å². The Balaban J connectivity index is 1.90. The highest BCUT2D eigenvalue weighted by Crippen LogP contribution is 2.12. The number of rotatable bonds is 2. The van der Waals surface area contributed by atoms with Gasteiger partial charge >= 0.3 is 0 Å². The van der Waals surface area contributed by atoms with Crippen LogP contribution in [0.5, 0.6) is 0 Å². The van der Waals surface area contributed by atoms with Crippen LogP contribution in [-0.4, -0.2) is 20.6 Å². The highest BCUT2D eigenvalue weighted by molar-refractivity contribution is 7.09. The molecule has 5 nitrogen and oxygen atoms in total. The van der Waals surface area contributed by atoms with Crippen molar-refractivity contribution in [3.63, 3.8) is 0 Å². The first-order chi connectivity index (χ1) is 8.74. The number of benzene rings is 1. The van der Waals surface area contributed by atoms with E-state index < -0.39 is 0 Å². The molecule has 1 N–H and O–H groups in total. The Labute approximate surface area is 107 Å². The number of hydrogen-bond acceptors (Lipinski definition) is 4. The smallest absolute Gasteiger partial charge is 0.266 e. The van der Waals surface area contributed by atoms with Crippen LogP contribution in [0.4, 0.5) is 0 Å². The second-order valence-corrected chi connectivity index (χ2v) is 4.86. The van der Waals surface area contributed by atoms with Gasteiger partial charge in [0, 0.05) is 5.38 Å². The van der Waals surface area contributed by atoms with Gasteiger partial charge in [0.25, 0.3) is 5.91 Å². The number of hydrogen-bond donors (Lipinski definition) is 1. The van der Waals surface area contributed by atoms with Gasteiger partial charge in [-0.1, -0.05) is 12.1 Å². The first-order valence-electron chi connectivity index (χ1n) is 5.39. The van der Waals surface area contributed by atoms with E-state index in [9.17, 15) is 4.79 Å². The lowest BCUT2D eigenvalue weighted by molar-refractivity contribution is 0.100. The molecule has 0 aliphatic carbocycles. The maximum Gasteiger partial charge on any atom is 0.289 e. The van der Waals surface area contributed by atoms with E-state index in [1.54, 1.807) is 16.4 Å². The fourth-order valence-corrected chi connectivity index (χ4v) is 2.28. The Hall–Kier alpha value is -2.21. The maximum absolute atomic E-state index is 12.0. The molecule has 90 valence electrons. The Bertz CT molecular complexity index is 716. The molecule has 0 fully saturated rings. The molecule has 0 atom stereocenters. The van der Waals surface area contributed by atoms with Crippen molar-refractivity contribution >= 4 is 28.3 Å². The maximum atomic E-state index is 12.0. The van der Waals surface area contributed by atoms with Crippen LogP contribution in [0.2, 0.25) is 0 Å². The third-order valence-electron chi connectivity index (χ3n) is 2.53. The minimum absolute atomic E-state index is 0.234. The number of carbonyl (C=O) groups excluding carboxylic acids is 1. The molecule has 3 rings (SSSR count). The molecule has 0 saturated carbocycles. The fourth-order valence-electron chi connectivity index (χ4n) is 1.68. The quantitative estimate of drug-likeness (QED) is 0.766. The minimum atomic E-state index is -0.234. The molecule has 0 spiro atoms. The van der Waals surface area contributed by atoms with E-state index in [0.29, 0.717) is 5.69 Å². The van der Waals surface area contributed by atoms with Gasteiger partial charge in [0.15, 0.2) is 0 Å². The first-order valence-corrected chi connectivity index (χ1v) is 6.27. The van der Waals surface area contributed by atoms with Crippen LogP contribution >= 0.6 is 11.3 Å². The number of carbonyl (C=O) groups is 1. The van der Waals surface area contributed by atoms with Crippen molar-refractivity contribution in [3.8, 4) is 0 Å². The van der Waals surface area contributed by atoms with Gasteiger partial charge < -0.3 is 0 Å². The van der Waals surface area contributed by atoms with Crippen molar-refractivity contribution < 1.29 is 4.79 Å². The van der Waals surface area contributed by atoms with Crippen molar-refractivity contribution in [2.45, 2.75) is 6.92 Å². The molecular formula is C12H10N4OS. The molecule has 2 aromatic heterocycles. The van der Waals surface area contributed by atoms with Crippen LogP contribution in [0, 0.1) is 6.92 Å². The highest BCUT2D eigenvalue weighted by Gasteiger charge is 2.10. The van der Waals surface area contributed by atoms with Crippen LogP contribution in [0.3, 0.4) is 0 Å². The van der Waals surface area contributed by atoms with Crippen LogP contribution in [-0.2, 0) is 0 Å². The zero-order chi connectivity index (χ0) is 12.5. The van der Waals surface area contributed by atoms with E-state index in [2.05, 4.69) is 15.4 Å². The zero-order valence-electron chi connectivity index (χ0n) is 9.62. The molecule has 0 aliphatic rings. The van der Waals surface area contributed by atoms with Gasteiger partial charge in [0.1, 0.15) is 12.0 Å². The third kappa shape index (κ3) is 1.86. The van der Waals surface area contributed by atoms with E-state index in [1.807, 2.05) is 31.2 Å². The summed E-state index contributed by atoms with van der Waals surface area (Å²) >= 11 is 1.45. The average molecular weight is 258 g/mol. The number of para-hydroxylation sites is 2. The number of aryl methyl sites for hydroxylation is 1. The monoisotopic (exact) mass is 258 g/mol. The second kappa shape index (κ2) is 4.23. The summed E-state index contributed by atoms with van der Waals surface area (Å²) in [6.45, 7) is 1.87.